The van der Waals surface area contributed by atoms with Crippen molar-refractivity contribution in [3.05, 3.63) is 21.3 Å². The van der Waals surface area contributed by atoms with E-state index < -0.39 is 5.97 Å². The molecular formula is C12H18ClNO2S. The van der Waals surface area contributed by atoms with Crippen LogP contribution in [0.25, 0.3) is 0 Å². The maximum Gasteiger partial charge on any atom is 0.317 e. The summed E-state index contributed by atoms with van der Waals surface area (Å²) in [6, 6.07) is 2.22. The van der Waals surface area contributed by atoms with E-state index in [2.05, 4.69) is 6.92 Å². The molecule has 1 aromatic rings. The van der Waals surface area contributed by atoms with Crippen molar-refractivity contribution in [3.8, 4) is 0 Å². The Bertz CT molecular complexity index is 380. The van der Waals surface area contributed by atoms with E-state index in [4.69, 9.17) is 16.7 Å². The maximum atomic E-state index is 10.9. The van der Waals surface area contributed by atoms with Gasteiger partial charge in [-0.15, -0.1) is 11.3 Å². The lowest BCUT2D eigenvalue weighted by molar-refractivity contribution is -0.139. The third-order valence-electron chi connectivity index (χ3n) is 3.04. The van der Waals surface area contributed by atoms with E-state index in [1.165, 1.54) is 11.3 Å². The highest BCUT2D eigenvalue weighted by molar-refractivity contribution is 7.14. The van der Waals surface area contributed by atoms with Crippen LogP contribution in [-0.2, 0) is 4.79 Å². The van der Waals surface area contributed by atoms with E-state index in [9.17, 15) is 4.79 Å². The summed E-state index contributed by atoms with van der Waals surface area (Å²) >= 11 is 7.39. The van der Waals surface area contributed by atoms with Crippen LogP contribution in [0.5, 0.6) is 0 Å². The molecule has 1 heterocycles. The molecule has 0 amide bonds. The second-order valence-electron chi connectivity index (χ2n) is 4.18. The van der Waals surface area contributed by atoms with Crippen LogP contribution in [0.15, 0.2) is 11.4 Å². The molecule has 0 bridgehead atoms. The first kappa shape index (κ1) is 14.5. The Morgan fingerprint density at radius 1 is 1.59 bits per heavy atom. The third-order valence-corrected chi connectivity index (χ3v) is 4.15. The van der Waals surface area contributed by atoms with E-state index in [0.717, 1.165) is 16.3 Å². The Balaban J connectivity index is 2.85. The van der Waals surface area contributed by atoms with Gasteiger partial charge in [0.2, 0.25) is 0 Å². The zero-order valence-corrected chi connectivity index (χ0v) is 11.9. The van der Waals surface area contributed by atoms with Gasteiger partial charge in [0, 0.05) is 12.1 Å². The van der Waals surface area contributed by atoms with Crippen molar-refractivity contribution >= 4 is 28.9 Å². The zero-order chi connectivity index (χ0) is 13.0. The highest BCUT2D eigenvalue weighted by atomic mass is 35.5. The molecule has 0 aliphatic rings. The van der Waals surface area contributed by atoms with Crippen LogP contribution in [-0.4, -0.2) is 28.6 Å². The first-order chi connectivity index (χ1) is 7.95. The van der Waals surface area contributed by atoms with Gasteiger partial charge in [0.05, 0.1) is 10.9 Å². The van der Waals surface area contributed by atoms with Crippen LogP contribution in [0, 0.1) is 0 Å². The largest absolute Gasteiger partial charge is 0.480 e. The van der Waals surface area contributed by atoms with Gasteiger partial charge in [-0.1, -0.05) is 18.5 Å². The molecule has 1 aromatic heterocycles. The van der Waals surface area contributed by atoms with Crippen LogP contribution in [0.1, 0.15) is 38.8 Å². The van der Waals surface area contributed by atoms with Crippen molar-refractivity contribution in [3.63, 3.8) is 0 Å². The summed E-state index contributed by atoms with van der Waals surface area (Å²) in [5.41, 5.74) is 1.08. The molecule has 5 heteroatoms. The van der Waals surface area contributed by atoms with Crippen LogP contribution in [0.3, 0.4) is 0 Å². The average molecular weight is 276 g/mol. The van der Waals surface area contributed by atoms with Gasteiger partial charge in [0.25, 0.3) is 0 Å². The maximum absolute atomic E-state index is 10.9. The van der Waals surface area contributed by atoms with Crippen molar-refractivity contribution in [1.82, 2.24) is 4.90 Å². The quantitative estimate of drug-likeness (QED) is 0.862. The monoisotopic (exact) mass is 275 g/mol. The molecule has 0 saturated heterocycles. The number of carboxylic acid groups (broad SMARTS) is 1. The minimum absolute atomic E-state index is 0.0592. The van der Waals surface area contributed by atoms with E-state index in [1.54, 1.807) is 0 Å². The molecule has 17 heavy (non-hydrogen) atoms. The molecule has 1 rings (SSSR count). The number of thiophene rings is 1. The number of carboxylic acids is 1. The molecule has 0 aliphatic carbocycles. The number of hydrogen-bond acceptors (Lipinski definition) is 3. The van der Waals surface area contributed by atoms with Gasteiger partial charge in [0.1, 0.15) is 0 Å². The first-order valence-corrected chi connectivity index (χ1v) is 6.93. The molecule has 0 aromatic carbocycles. The van der Waals surface area contributed by atoms with E-state index >= 15 is 0 Å². The van der Waals surface area contributed by atoms with Crippen molar-refractivity contribution in [2.75, 3.05) is 6.54 Å². The number of aliphatic carboxylic acids is 1. The van der Waals surface area contributed by atoms with Gasteiger partial charge >= 0.3 is 5.97 Å². The Morgan fingerprint density at radius 2 is 2.24 bits per heavy atom. The Kier molecular flexibility index (Phi) is 5.43. The van der Waals surface area contributed by atoms with Crippen molar-refractivity contribution < 1.29 is 9.90 Å². The Hall–Kier alpha value is -0.580. The lowest BCUT2D eigenvalue weighted by Crippen LogP contribution is -2.38. The highest BCUT2D eigenvalue weighted by Gasteiger charge is 2.23. The molecule has 0 fully saturated rings. The number of nitrogens with zero attached hydrogens (tertiary/aromatic N) is 1. The van der Waals surface area contributed by atoms with E-state index in [0.29, 0.717) is 0 Å². The Labute approximate surface area is 111 Å². The lowest BCUT2D eigenvalue weighted by atomic mass is 10.1. The van der Waals surface area contributed by atoms with Gasteiger partial charge in [-0.3, -0.25) is 9.69 Å². The normalized spacial score (nSPS) is 14.9. The predicted octanol–water partition coefficient (Wildman–Crippen LogP) is 3.65. The molecule has 0 spiro atoms. The molecule has 0 aliphatic heterocycles. The fraction of sp³-hybridized carbons (Fsp3) is 0.583. The topological polar surface area (TPSA) is 40.5 Å². The molecule has 0 radical (unpaired) electrons. The van der Waals surface area contributed by atoms with E-state index in [-0.39, 0.29) is 18.6 Å². The summed E-state index contributed by atoms with van der Waals surface area (Å²) in [4.78, 5) is 12.9. The second kappa shape index (κ2) is 6.38. The van der Waals surface area contributed by atoms with Crippen LogP contribution in [0.2, 0.25) is 4.34 Å². The number of halogens is 1. The molecular weight excluding hydrogens is 258 g/mol. The van der Waals surface area contributed by atoms with Crippen LogP contribution < -0.4 is 0 Å². The zero-order valence-electron chi connectivity index (χ0n) is 10.3. The highest BCUT2D eigenvalue weighted by Crippen LogP contribution is 2.29. The SMILES string of the molecule is CCC(C)N(CC(=O)O)C(C)c1csc(Cl)c1. The Morgan fingerprint density at radius 3 is 2.65 bits per heavy atom. The molecule has 3 nitrogen and oxygen atoms in total. The summed E-state index contributed by atoms with van der Waals surface area (Å²) in [6.07, 6.45) is 0.926. The van der Waals surface area contributed by atoms with Gasteiger partial charge in [-0.05, 0) is 37.3 Å². The fourth-order valence-corrected chi connectivity index (χ4v) is 2.78. The number of carbonyl (C=O) groups is 1. The average Bonchev–Trinajstić information content (AvgIpc) is 2.70. The summed E-state index contributed by atoms with van der Waals surface area (Å²) in [5.74, 6) is -0.793. The van der Waals surface area contributed by atoms with Crippen molar-refractivity contribution in [2.45, 2.75) is 39.3 Å². The number of hydrogen-bond donors (Lipinski definition) is 1. The third kappa shape index (κ3) is 3.98. The van der Waals surface area contributed by atoms with Gasteiger partial charge in [-0.2, -0.15) is 0 Å². The summed E-state index contributed by atoms with van der Waals surface area (Å²) in [5, 5.41) is 11.0. The fourth-order valence-electron chi connectivity index (χ4n) is 1.80. The minimum Gasteiger partial charge on any atom is -0.480 e. The number of rotatable bonds is 6. The minimum atomic E-state index is -0.793. The predicted molar refractivity (Wildman–Crippen MR) is 71.8 cm³/mol. The van der Waals surface area contributed by atoms with Crippen molar-refractivity contribution in [2.24, 2.45) is 0 Å². The standard InChI is InChI=1S/C12H18ClNO2S/c1-4-8(2)14(6-12(15)16)9(3)10-5-11(13)17-7-10/h5,7-9H,4,6H2,1-3H3,(H,15,16). The lowest BCUT2D eigenvalue weighted by Gasteiger charge is -2.32. The molecule has 0 saturated carbocycles. The molecule has 1 N–H and O–H groups in total. The van der Waals surface area contributed by atoms with Crippen LogP contribution in [0.4, 0.5) is 0 Å². The summed E-state index contributed by atoms with van der Waals surface area (Å²) in [7, 11) is 0. The van der Waals surface area contributed by atoms with Gasteiger partial charge in [0.15, 0.2) is 0 Å². The summed E-state index contributed by atoms with van der Waals surface area (Å²) in [6.45, 7) is 6.19. The summed E-state index contributed by atoms with van der Waals surface area (Å²) < 4.78 is 0.742. The smallest absolute Gasteiger partial charge is 0.317 e. The molecule has 2 unspecified atom stereocenters. The first-order valence-electron chi connectivity index (χ1n) is 5.67. The van der Waals surface area contributed by atoms with E-state index in [1.807, 2.05) is 30.2 Å². The molecule has 96 valence electrons. The van der Waals surface area contributed by atoms with Crippen molar-refractivity contribution in [1.29, 1.82) is 0 Å². The van der Waals surface area contributed by atoms with Gasteiger partial charge in [-0.25, -0.2) is 0 Å². The van der Waals surface area contributed by atoms with Crippen LogP contribution >= 0.6 is 22.9 Å². The second-order valence-corrected chi connectivity index (χ2v) is 5.73. The molecule has 2 atom stereocenters. The van der Waals surface area contributed by atoms with Gasteiger partial charge < -0.3 is 5.11 Å².